The fourth-order valence-corrected chi connectivity index (χ4v) is 2.96. The molecule has 0 bridgehead atoms. The zero-order chi connectivity index (χ0) is 15.9. The predicted molar refractivity (Wildman–Crippen MR) is 88.3 cm³/mol. The molecule has 5 heteroatoms. The van der Waals surface area contributed by atoms with Crippen LogP contribution in [-0.2, 0) is 24.4 Å². The standard InChI is InChI=1S/C17H30N4O/c1-4-5-7-17(22)18-11-15-10-16-13-20(12-14(2)3)8-6-9-21(16)19-15/h10,14H,4-9,11-13H2,1-3H3,(H,18,22). The van der Waals surface area contributed by atoms with Gasteiger partial charge in [-0.3, -0.25) is 14.4 Å². The summed E-state index contributed by atoms with van der Waals surface area (Å²) in [4.78, 5) is 14.2. The third-order valence-electron chi connectivity index (χ3n) is 3.99. The number of amides is 1. The van der Waals surface area contributed by atoms with Crippen molar-refractivity contribution in [3.8, 4) is 0 Å². The fourth-order valence-electron chi connectivity index (χ4n) is 2.96. The van der Waals surface area contributed by atoms with Gasteiger partial charge in [-0.2, -0.15) is 5.10 Å². The lowest BCUT2D eigenvalue weighted by Crippen LogP contribution is -2.27. The molecule has 124 valence electrons. The molecule has 1 aromatic rings. The van der Waals surface area contributed by atoms with Gasteiger partial charge in [0, 0.05) is 32.6 Å². The van der Waals surface area contributed by atoms with Crippen LogP contribution in [0.25, 0.3) is 0 Å². The SMILES string of the molecule is CCCCC(=O)NCc1cc2n(n1)CCCN(CC(C)C)C2. The molecule has 1 aliphatic heterocycles. The van der Waals surface area contributed by atoms with Crippen LogP contribution in [0.1, 0.15) is 57.8 Å². The number of hydrogen-bond acceptors (Lipinski definition) is 3. The normalized spacial score (nSPS) is 15.6. The predicted octanol–water partition coefficient (Wildman–Crippen LogP) is 2.55. The number of aromatic nitrogens is 2. The molecule has 22 heavy (non-hydrogen) atoms. The molecule has 0 atom stereocenters. The van der Waals surface area contributed by atoms with E-state index < -0.39 is 0 Å². The van der Waals surface area contributed by atoms with E-state index in [1.54, 1.807) is 0 Å². The number of hydrogen-bond donors (Lipinski definition) is 1. The van der Waals surface area contributed by atoms with Gasteiger partial charge in [0.2, 0.25) is 5.91 Å². The van der Waals surface area contributed by atoms with Crippen molar-refractivity contribution in [2.24, 2.45) is 5.92 Å². The van der Waals surface area contributed by atoms with Gasteiger partial charge < -0.3 is 5.32 Å². The molecule has 0 saturated heterocycles. The highest BCUT2D eigenvalue weighted by molar-refractivity contribution is 5.75. The zero-order valence-electron chi connectivity index (χ0n) is 14.3. The van der Waals surface area contributed by atoms with E-state index in [1.165, 1.54) is 5.69 Å². The largest absolute Gasteiger partial charge is 0.350 e. The second-order valence-corrected chi connectivity index (χ2v) is 6.71. The average Bonchev–Trinajstić information content (AvgIpc) is 2.75. The molecule has 1 amide bonds. The number of carbonyl (C=O) groups is 1. The van der Waals surface area contributed by atoms with E-state index in [4.69, 9.17) is 0 Å². The van der Waals surface area contributed by atoms with Crippen LogP contribution in [0.5, 0.6) is 0 Å². The minimum atomic E-state index is 0.131. The highest BCUT2D eigenvalue weighted by Crippen LogP contribution is 2.15. The topological polar surface area (TPSA) is 50.2 Å². The van der Waals surface area contributed by atoms with Crippen LogP contribution in [0, 0.1) is 5.92 Å². The number of fused-ring (bicyclic) bond motifs is 1. The Kier molecular flexibility index (Phi) is 6.43. The molecule has 2 heterocycles. The first-order valence-corrected chi connectivity index (χ1v) is 8.63. The summed E-state index contributed by atoms with van der Waals surface area (Å²) in [6, 6.07) is 2.15. The molecule has 0 spiro atoms. The molecule has 5 nitrogen and oxygen atoms in total. The van der Waals surface area contributed by atoms with Gasteiger partial charge in [0.25, 0.3) is 0 Å². The maximum absolute atomic E-state index is 11.7. The van der Waals surface area contributed by atoms with Crippen molar-refractivity contribution in [3.63, 3.8) is 0 Å². The summed E-state index contributed by atoms with van der Waals surface area (Å²) in [5.74, 6) is 0.818. The summed E-state index contributed by atoms with van der Waals surface area (Å²) in [6.45, 7) is 11.4. The molecule has 0 saturated carbocycles. The summed E-state index contributed by atoms with van der Waals surface area (Å²) in [5.41, 5.74) is 2.25. The molecule has 0 aromatic carbocycles. The fraction of sp³-hybridized carbons (Fsp3) is 0.765. The van der Waals surface area contributed by atoms with E-state index in [1.807, 2.05) is 0 Å². The van der Waals surface area contributed by atoms with Crippen molar-refractivity contribution in [1.29, 1.82) is 0 Å². The summed E-state index contributed by atoms with van der Waals surface area (Å²) < 4.78 is 2.12. The van der Waals surface area contributed by atoms with E-state index in [0.29, 0.717) is 18.9 Å². The van der Waals surface area contributed by atoms with Gasteiger partial charge in [0.15, 0.2) is 0 Å². The summed E-state index contributed by atoms with van der Waals surface area (Å²) in [6.07, 6.45) is 3.77. The van der Waals surface area contributed by atoms with Gasteiger partial charge in [-0.25, -0.2) is 0 Å². The van der Waals surface area contributed by atoms with Crippen molar-refractivity contribution >= 4 is 5.91 Å². The van der Waals surface area contributed by atoms with Crippen LogP contribution in [0.4, 0.5) is 0 Å². The summed E-state index contributed by atoms with van der Waals surface area (Å²) in [7, 11) is 0. The Morgan fingerprint density at radius 2 is 2.23 bits per heavy atom. The third-order valence-corrected chi connectivity index (χ3v) is 3.99. The Labute approximate surface area is 134 Å². The molecular weight excluding hydrogens is 276 g/mol. The Morgan fingerprint density at radius 1 is 1.41 bits per heavy atom. The highest BCUT2D eigenvalue weighted by atomic mass is 16.1. The Morgan fingerprint density at radius 3 is 2.95 bits per heavy atom. The van der Waals surface area contributed by atoms with E-state index in [9.17, 15) is 4.79 Å². The zero-order valence-corrected chi connectivity index (χ0v) is 14.3. The lowest BCUT2D eigenvalue weighted by Gasteiger charge is -2.21. The van der Waals surface area contributed by atoms with Crippen LogP contribution < -0.4 is 5.32 Å². The molecule has 1 N–H and O–H groups in total. The van der Waals surface area contributed by atoms with Crippen LogP contribution in [0.3, 0.4) is 0 Å². The highest BCUT2D eigenvalue weighted by Gasteiger charge is 2.17. The number of carbonyl (C=O) groups excluding carboxylic acids is 1. The number of nitrogens with one attached hydrogen (secondary N) is 1. The van der Waals surface area contributed by atoms with Crippen LogP contribution in [0.2, 0.25) is 0 Å². The maximum atomic E-state index is 11.7. The molecule has 0 radical (unpaired) electrons. The monoisotopic (exact) mass is 306 g/mol. The van der Waals surface area contributed by atoms with Crippen molar-refractivity contribution in [2.45, 2.75) is 66.1 Å². The van der Waals surface area contributed by atoms with Gasteiger partial charge >= 0.3 is 0 Å². The molecule has 0 unspecified atom stereocenters. The first kappa shape index (κ1) is 17.0. The second-order valence-electron chi connectivity index (χ2n) is 6.71. The first-order chi connectivity index (χ1) is 10.6. The maximum Gasteiger partial charge on any atom is 0.220 e. The van der Waals surface area contributed by atoms with Gasteiger partial charge in [-0.15, -0.1) is 0 Å². The minimum absolute atomic E-state index is 0.131. The summed E-state index contributed by atoms with van der Waals surface area (Å²) in [5, 5.41) is 7.63. The smallest absolute Gasteiger partial charge is 0.220 e. The second kappa shape index (κ2) is 8.32. The van der Waals surface area contributed by atoms with Crippen molar-refractivity contribution in [3.05, 3.63) is 17.5 Å². The molecule has 0 aliphatic carbocycles. The molecule has 1 aliphatic rings. The van der Waals surface area contributed by atoms with E-state index in [2.05, 4.69) is 46.8 Å². The van der Waals surface area contributed by atoms with Crippen LogP contribution in [-0.4, -0.2) is 33.7 Å². The molecule has 2 rings (SSSR count). The molecule has 1 aromatic heterocycles. The molecule has 0 fully saturated rings. The van der Waals surface area contributed by atoms with Gasteiger partial charge in [0.1, 0.15) is 0 Å². The number of unbranched alkanes of at least 4 members (excludes halogenated alkanes) is 1. The number of nitrogens with zero attached hydrogens (tertiary/aromatic N) is 3. The Hall–Kier alpha value is -1.36. The Balaban J connectivity index is 1.90. The first-order valence-electron chi connectivity index (χ1n) is 8.63. The lowest BCUT2D eigenvalue weighted by molar-refractivity contribution is -0.121. The van der Waals surface area contributed by atoms with Crippen molar-refractivity contribution < 1.29 is 4.79 Å². The van der Waals surface area contributed by atoms with Gasteiger partial charge in [-0.1, -0.05) is 27.2 Å². The van der Waals surface area contributed by atoms with Crippen molar-refractivity contribution in [1.82, 2.24) is 20.0 Å². The van der Waals surface area contributed by atoms with Gasteiger partial charge in [-0.05, 0) is 24.8 Å². The van der Waals surface area contributed by atoms with Crippen molar-refractivity contribution in [2.75, 3.05) is 13.1 Å². The third kappa shape index (κ3) is 5.13. The van der Waals surface area contributed by atoms with E-state index in [-0.39, 0.29) is 5.91 Å². The Bertz CT molecular complexity index is 481. The number of aryl methyl sites for hydroxylation is 1. The van der Waals surface area contributed by atoms with Crippen LogP contribution >= 0.6 is 0 Å². The van der Waals surface area contributed by atoms with E-state index in [0.717, 1.165) is 51.1 Å². The quantitative estimate of drug-likeness (QED) is 0.842. The minimum Gasteiger partial charge on any atom is -0.350 e. The summed E-state index contributed by atoms with van der Waals surface area (Å²) >= 11 is 0. The average molecular weight is 306 g/mol. The lowest BCUT2D eigenvalue weighted by atomic mass is 10.2. The number of rotatable bonds is 7. The van der Waals surface area contributed by atoms with Gasteiger partial charge in [0.05, 0.1) is 17.9 Å². The molecular formula is C17H30N4O. The van der Waals surface area contributed by atoms with Crippen LogP contribution in [0.15, 0.2) is 6.07 Å². The van der Waals surface area contributed by atoms with E-state index >= 15 is 0 Å².